The predicted octanol–water partition coefficient (Wildman–Crippen LogP) is 4.01. The smallest absolute Gasteiger partial charge is 0.258 e. The molecule has 0 bridgehead atoms. The molecule has 2 aromatic heterocycles. The summed E-state index contributed by atoms with van der Waals surface area (Å²) >= 11 is 12.3. The normalized spacial score (nSPS) is 10.7. The molecule has 1 amide bonds. The lowest BCUT2D eigenvalue weighted by atomic mass is 10.2. The van der Waals surface area contributed by atoms with Crippen LogP contribution >= 0.6 is 23.2 Å². The molecule has 4 rings (SSSR count). The summed E-state index contributed by atoms with van der Waals surface area (Å²) in [6, 6.07) is 12.4. The van der Waals surface area contributed by atoms with Gasteiger partial charge in [-0.3, -0.25) is 4.79 Å². The molecule has 0 saturated heterocycles. The van der Waals surface area contributed by atoms with E-state index >= 15 is 0 Å². The predicted molar refractivity (Wildman–Crippen MR) is 103 cm³/mol. The fourth-order valence-electron chi connectivity index (χ4n) is 2.57. The molecule has 0 aliphatic carbocycles. The van der Waals surface area contributed by atoms with E-state index in [1.54, 1.807) is 41.2 Å². The largest absolute Gasteiger partial charge is 0.320 e. The van der Waals surface area contributed by atoms with Crippen molar-refractivity contribution in [2.75, 3.05) is 5.32 Å². The number of halogens is 2. The van der Waals surface area contributed by atoms with E-state index < -0.39 is 0 Å². The molecular weight excluding hydrogens is 387 g/mol. The van der Waals surface area contributed by atoms with E-state index in [1.165, 1.54) is 23.5 Å². The zero-order chi connectivity index (χ0) is 18.8. The summed E-state index contributed by atoms with van der Waals surface area (Å²) in [7, 11) is 0. The van der Waals surface area contributed by atoms with Crippen LogP contribution < -0.4 is 5.32 Å². The highest BCUT2D eigenvalue weighted by Crippen LogP contribution is 2.28. The maximum absolute atomic E-state index is 12.7. The average molecular weight is 399 g/mol. The Kier molecular flexibility index (Phi) is 4.62. The Morgan fingerprint density at radius 2 is 1.89 bits per heavy atom. The number of carbonyl (C=O) groups is 1. The number of aromatic nitrogens is 5. The summed E-state index contributed by atoms with van der Waals surface area (Å²) in [5.74, 6) is -0.327. The fraction of sp³-hybridized carbons (Fsp3) is 0. The maximum Gasteiger partial charge on any atom is 0.258 e. The van der Waals surface area contributed by atoms with Crippen LogP contribution in [0, 0.1) is 0 Å². The second kappa shape index (κ2) is 7.22. The molecule has 0 fully saturated rings. The van der Waals surface area contributed by atoms with Crippen molar-refractivity contribution in [3.63, 3.8) is 0 Å². The van der Waals surface area contributed by atoms with Gasteiger partial charge >= 0.3 is 0 Å². The minimum Gasteiger partial charge on any atom is -0.320 e. The number of anilines is 1. The molecule has 2 heterocycles. The van der Waals surface area contributed by atoms with Gasteiger partial charge in [0.2, 0.25) is 0 Å². The number of rotatable bonds is 4. The molecule has 0 radical (unpaired) electrons. The number of nitrogens with one attached hydrogen (secondary N) is 1. The topological polar surface area (TPSA) is 77.6 Å². The summed E-state index contributed by atoms with van der Waals surface area (Å²) in [6.45, 7) is 0. The minimum atomic E-state index is -0.327. The fourth-order valence-corrected chi connectivity index (χ4v) is 3.01. The van der Waals surface area contributed by atoms with E-state index in [-0.39, 0.29) is 5.91 Å². The molecule has 0 spiro atoms. The molecule has 0 aliphatic heterocycles. The summed E-state index contributed by atoms with van der Waals surface area (Å²) in [5, 5.41) is 12.2. The molecule has 0 aliphatic rings. The van der Waals surface area contributed by atoms with Gasteiger partial charge in [0, 0.05) is 11.2 Å². The molecule has 4 aromatic rings. The van der Waals surface area contributed by atoms with Crippen molar-refractivity contribution in [2.45, 2.75) is 0 Å². The Morgan fingerprint density at radius 1 is 1.04 bits per heavy atom. The van der Waals surface area contributed by atoms with Gasteiger partial charge < -0.3 is 5.32 Å². The lowest BCUT2D eigenvalue weighted by Gasteiger charge is -2.11. The molecule has 0 atom stereocenters. The molecule has 7 nitrogen and oxygen atoms in total. The Labute approximate surface area is 164 Å². The van der Waals surface area contributed by atoms with E-state index in [0.29, 0.717) is 27.0 Å². The van der Waals surface area contributed by atoms with Gasteiger partial charge in [-0.1, -0.05) is 35.3 Å². The summed E-state index contributed by atoms with van der Waals surface area (Å²) in [6.07, 6.45) is 6.01. The lowest BCUT2D eigenvalue weighted by molar-refractivity contribution is 0.102. The standard InChI is InChI=1S/C18H12Cl2N6O/c19-13-3-1-4-14(7-13)25-9-12(8-22-25)18(27)24-16-6-2-5-15(20)17(16)26-11-21-10-23-26/h1-11H,(H,24,27). The van der Waals surface area contributed by atoms with Crippen LogP contribution in [0.3, 0.4) is 0 Å². The van der Waals surface area contributed by atoms with Crippen molar-refractivity contribution in [1.82, 2.24) is 24.5 Å². The van der Waals surface area contributed by atoms with Crippen LogP contribution in [0.1, 0.15) is 10.4 Å². The number of hydrogen-bond acceptors (Lipinski definition) is 4. The number of para-hydroxylation sites is 1. The van der Waals surface area contributed by atoms with Crippen LogP contribution in [0.25, 0.3) is 11.4 Å². The van der Waals surface area contributed by atoms with E-state index in [0.717, 1.165) is 5.69 Å². The van der Waals surface area contributed by atoms with Crippen molar-refractivity contribution in [1.29, 1.82) is 0 Å². The summed E-state index contributed by atoms with van der Waals surface area (Å²) in [4.78, 5) is 16.6. The summed E-state index contributed by atoms with van der Waals surface area (Å²) < 4.78 is 3.07. The van der Waals surface area contributed by atoms with Gasteiger partial charge in [0.1, 0.15) is 18.3 Å². The molecule has 0 unspecified atom stereocenters. The van der Waals surface area contributed by atoms with E-state index in [1.807, 2.05) is 12.1 Å². The quantitative estimate of drug-likeness (QED) is 0.563. The Hall–Kier alpha value is -3.16. The highest BCUT2D eigenvalue weighted by Gasteiger charge is 2.15. The zero-order valence-electron chi connectivity index (χ0n) is 13.8. The highest BCUT2D eigenvalue weighted by atomic mass is 35.5. The van der Waals surface area contributed by atoms with Crippen molar-refractivity contribution >= 4 is 34.8 Å². The molecule has 27 heavy (non-hydrogen) atoms. The van der Waals surface area contributed by atoms with Gasteiger partial charge in [0.15, 0.2) is 0 Å². The van der Waals surface area contributed by atoms with E-state index in [9.17, 15) is 4.79 Å². The van der Waals surface area contributed by atoms with Crippen molar-refractivity contribution in [3.05, 3.63) is 83.1 Å². The first-order valence-electron chi connectivity index (χ1n) is 7.87. The Morgan fingerprint density at radius 3 is 2.67 bits per heavy atom. The average Bonchev–Trinajstić information content (AvgIpc) is 3.34. The number of amides is 1. The second-order valence-corrected chi connectivity index (χ2v) is 6.43. The van der Waals surface area contributed by atoms with Gasteiger partial charge in [0.25, 0.3) is 5.91 Å². The van der Waals surface area contributed by atoms with Crippen LogP contribution in [0.15, 0.2) is 67.5 Å². The molecule has 9 heteroatoms. The third kappa shape index (κ3) is 3.55. The van der Waals surface area contributed by atoms with Gasteiger partial charge in [0.05, 0.1) is 28.2 Å². The second-order valence-electron chi connectivity index (χ2n) is 5.58. The Balaban J connectivity index is 1.62. The van der Waals surface area contributed by atoms with Gasteiger partial charge in [-0.05, 0) is 30.3 Å². The number of nitrogens with zero attached hydrogens (tertiary/aromatic N) is 5. The minimum absolute atomic E-state index is 0.327. The number of benzene rings is 2. The third-order valence-electron chi connectivity index (χ3n) is 3.80. The zero-order valence-corrected chi connectivity index (χ0v) is 15.3. The third-order valence-corrected chi connectivity index (χ3v) is 4.34. The van der Waals surface area contributed by atoms with Crippen LogP contribution in [-0.4, -0.2) is 30.5 Å². The van der Waals surface area contributed by atoms with Crippen LogP contribution in [0.4, 0.5) is 5.69 Å². The maximum atomic E-state index is 12.7. The molecule has 1 N–H and O–H groups in total. The Bertz CT molecular complexity index is 1110. The van der Waals surface area contributed by atoms with Gasteiger partial charge in [-0.25, -0.2) is 14.3 Å². The van der Waals surface area contributed by atoms with Crippen molar-refractivity contribution in [3.8, 4) is 11.4 Å². The molecule has 0 saturated carbocycles. The van der Waals surface area contributed by atoms with E-state index in [4.69, 9.17) is 23.2 Å². The van der Waals surface area contributed by atoms with Crippen molar-refractivity contribution in [2.24, 2.45) is 0 Å². The van der Waals surface area contributed by atoms with Crippen molar-refractivity contribution < 1.29 is 4.79 Å². The van der Waals surface area contributed by atoms with Gasteiger partial charge in [-0.15, -0.1) is 0 Å². The number of hydrogen-bond donors (Lipinski definition) is 1. The summed E-state index contributed by atoms with van der Waals surface area (Å²) in [5.41, 5.74) is 2.19. The van der Waals surface area contributed by atoms with Crippen LogP contribution in [0.5, 0.6) is 0 Å². The first-order valence-corrected chi connectivity index (χ1v) is 8.63. The molecule has 134 valence electrons. The van der Waals surface area contributed by atoms with Crippen LogP contribution in [0.2, 0.25) is 10.0 Å². The SMILES string of the molecule is O=C(Nc1cccc(Cl)c1-n1cncn1)c1cnn(-c2cccc(Cl)c2)c1. The van der Waals surface area contributed by atoms with E-state index in [2.05, 4.69) is 20.5 Å². The first-order chi connectivity index (χ1) is 13.1. The highest BCUT2D eigenvalue weighted by molar-refractivity contribution is 6.33. The number of carbonyl (C=O) groups excluding carboxylic acids is 1. The first kappa shape index (κ1) is 17.3. The molecular formula is C18H12Cl2N6O. The van der Waals surface area contributed by atoms with Crippen LogP contribution in [-0.2, 0) is 0 Å². The lowest BCUT2D eigenvalue weighted by Crippen LogP contribution is -2.13. The monoisotopic (exact) mass is 398 g/mol. The van der Waals surface area contributed by atoms with Gasteiger partial charge in [-0.2, -0.15) is 10.2 Å². The molecule has 2 aromatic carbocycles.